The monoisotopic (exact) mass is 155 g/mol. The van der Waals surface area contributed by atoms with Crippen LogP contribution in [0.3, 0.4) is 0 Å². The van der Waals surface area contributed by atoms with Crippen molar-refractivity contribution in [2.45, 2.75) is 59.3 Å². The maximum atomic E-state index is 2.49. The first-order valence-electron chi connectivity index (χ1n) is 5.18. The fraction of sp³-hybridized carbons (Fsp3) is 0.909. The minimum atomic E-state index is 0.907. The zero-order chi connectivity index (χ0) is 8.53. The van der Waals surface area contributed by atoms with Gasteiger partial charge in [0, 0.05) is 0 Å². The minimum Gasteiger partial charge on any atom is -0.0654 e. The van der Waals surface area contributed by atoms with Gasteiger partial charge in [-0.05, 0) is 12.3 Å². The van der Waals surface area contributed by atoms with Crippen molar-refractivity contribution >= 4 is 0 Å². The minimum absolute atomic E-state index is 0.907. The van der Waals surface area contributed by atoms with Gasteiger partial charge in [0.15, 0.2) is 0 Å². The molecule has 0 aromatic carbocycles. The molecule has 0 aromatic rings. The largest absolute Gasteiger partial charge is 0.0654 e. The number of unbranched alkanes of at least 4 members (excludes halogenated alkanes) is 1. The van der Waals surface area contributed by atoms with Crippen LogP contribution in [-0.2, 0) is 0 Å². The zero-order valence-corrected chi connectivity index (χ0v) is 8.40. The first-order valence-corrected chi connectivity index (χ1v) is 5.18. The molecule has 0 aliphatic rings. The standard InChI is InChI=1S/C11H23/c1-4-7-10-11(8-5-2)9-6-3/h8,11H,4-7,9-10H2,1-3H3. The second-order valence-electron chi connectivity index (χ2n) is 3.33. The molecule has 1 radical (unpaired) electrons. The predicted octanol–water partition coefficient (Wildman–Crippen LogP) is 4.21. The molecular formula is C11H23. The number of rotatable bonds is 7. The van der Waals surface area contributed by atoms with E-state index in [2.05, 4.69) is 27.2 Å². The molecule has 0 bridgehead atoms. The van der Waals surface area contributed by atoms with Crippen molar-refractivity contribution in [3.8, 4) is 0 Å². The van der Waals surface area contributed by atoms with Crippen molar-refractivity contribution in [2.24, 2.45) is 5.92 Å². The van der Waals surface area contributed by atoms with E-state index < -0.39 is 0 Å². The fourth-order valence-corrected chi connectivity index (χ4v) is 1.55. The van der Waals surface area contributed by atoms with E-state index in [0.29, 0.717) is 0 Å². The molecule has 0 heterocycles. The van der Waals surface area contributed by atoms with Crippen molar-refractivity contribution in [2.75, 3.05) is 0 Å². The Balaban J connectivity index is 3.34. The first kappa shape index (κ1) is 11.0. The Labute approximate surface area is 72.4 Å². The van der Waals surface area contributed by atoms with Crippen LogP contribution >= 0.6 is 0 Å². The highest BCUT2D eigenvalue weighted by molar-refractivity contribution is 4.73. The zero-order valence-electron chi connectivity index (χ0n) is 8.40. The van der Waals surface area contributed by atoms with Gasteiger partial charge in [0.1, 0.15) is 0 Å². The van der Waals surface area contributed by atoms with Crippen molar-refractivity contribution in [3.63, 3.8) is 0 Å². The van der Waals surface area contributed by atoms with Gasteiger partial charge in [0.2, 0.25) is 0 Å². The van der Waals surface area contributed by atoms with Gasteiger partial charge in [-0.2, -0.15) is 0 Å². The van der Waals surface area contributed by atoms with E-state index in [9.17, 15) is 0 Å². The van der Waals surface area contributed by atoms with Crippen molar-refractivity contribution in [1.82, 2.24) is 0 Å². The predicted molar refractivity (Wildman–Crippen MR) is 52.5 cm³/mol. The van der Waals surface area contributed by atoms with Crippen LogP contribution in [0.4, 0.5) is 0 Å². The van der Waals surface area contributed by atoms with Crippen molar-refractivity contribution in [1.29, 1.82) is 0 Å². The third-order valence-corrected chi connectivity index (χ3v) is 2.16. The van der Waals surface area contributed by atoms with Gasteiger partial charge in [-0.25, -0.2) is 0 Å². The summed E-state index contributed by atoms with van der Waals surface area (Å²) in [6.45, 7) is 6.80. The summed E-state index contributed by atoms with van der Waals surface area (Å²) >= 11 is 0. The van der Waals surface area contributed by atoms with E-state index in [1.54, 1.807) is 0 Å². The highest BCUT2D eigenvalue weighted by Crippen LogP contribution is 2.18. The van der Waals surface area contributed by atoms with Gasteiger partial charge < -0.3 is 0 Å². The van der Waals surface area contributed by atoms with E-state index in [1.807, 2.05) is 0 Å². The molecule has 1 atom stereocenters. The second kappa shape index (κ2) is 8.10. The Morgan fingerprint density at radius 1 is 1.00 bits per heavy atom. The lowest BCUT2D eigenvalue weighted by Crippen LogP contribution is -1.99. The Hall–Kier alpha value is 0. The molecule has 0 rings (SSSR count). The van der Waals surface area contributed by atoms with E-state index in [4.69, 9.17) is 0 Å². The summed E-state index contributed by atoms with van der Waals surface area (Å²) in [6, 6.07) is 0. The van der Waals surface area contributed by atoms with Crippen LogP contribution in [0.5, 0.6) is 0 Å². The van der Waals surface area contributed by atoms with Gasteiger partial charge in [0.25, 0.3) is 0 Å². The highest BCUT2D eigenvalue weighted by atomic mass is 14.1. The molecule has 1 unspecified atom stereocenters. The topological polar surface area (TPSA) is 0 Å². The SMILES string of the molecule is CC[CH]C(CCC)CCCC. The number of hydrogen-bond donors (Lipinski definition) is 0. The summed E-state index contributed by atoms with van der Waals surface area (Å²) in [6.07, 6.45) is 10.6. The molecule has 0 aromatic heterocycles. The summed E-state index contributed by atoms with van der Waals surface area (Å²) in [5.74, 6) is 0.907. The molecule has 0 saturated carbocycles. The molecule has 0 fully saturated rings. The fourth-order valence-electron chi connectivity index (χ4n) is 1.55. The third kappa shape index (κ3) is 6.40. The Bertz CT molecular complexity index is 60.4. The van der Waals surface area contributed by atoms with Crippen LogP contribution in [0.1, 0.15) is 59.3 Å². The van der Waals surface area contributed by atoms with Crippen LogP contribution in [0, 0.1) is 12.3 Å². The maximum absolute atomic E-state index is 2.49. The third-order valence-electron chi connectivity index (χ3n) is 2.16. The molecule has 0 nitrogen and oxygen atoms in total. The summed E-state index contributed by atoms with van der Waals surface area (Å²) in [4.78, 5) is 0. The average molecular weight is 155 g/mol. The maximum Gasteiger partial charge on any atom is -0.0357 e. The van der Waals surface area contributed by atoms with Crippen LogP contribution in [-0.4, -0.2) is 0 Å². The van der Waals surface area contributed by atoms with Gasteiger partial charge in [-0.1, -0.05) is 59.3 Å². The molecule has 67 valence electrons. The van der Waals surface area contributed by atoms with E-state index in [1.165, 1.54) is 38.5 Å². The van der Waals surface area contributed by atoms with Gasteiger partial charge in [-0.3, -0.25) is 0 Å². The Morgan fingerprint density at radius 3 is 2.18 bits per heavy atom. The van der Waals surface area contributed by atoms with Gasteiger partial charge in [-0.15, -0.1) is 0 Å². The van der Waals surface area contributed by atoms with E-state index in [-0.39, 0.29) is 0 Å². The summed E-state index contributed by atoms with van der Waals surface area (Å²) in [5.41, 5.74) is 0. The number of hydrogen-bond acceptors (Lipinski definition) is 0. The summed E-state index contributed by atoms with van der Waals surface area (Å²) in [7, 11) is 0. The average Bonchev–Trinajstić information content (AvgIpc) is 2.01. The second-order valence-corrected chi connectivity index (χ2v) is 3.33. The van der Waals surface area contributed by atoms with Crippen LogP contribution in [0.2, 0.25) is 0 Å². The Kier molecular flexibility index (Phi) is 8.10. The Morgan fingerprint density at radius 2 is 1.73 bits per heavy atom. The lowest BCUT2D eigenvalue weighted by molar-refractivity contribution is 0.473. The van der Waals surface area contributed by atoms with Crippen molar-refractivity contribution < 1.29 is 0 Å². The molecule has 0 aliphatic carbocycles. The summed E-state index contributed by atoms with van der Waals surface area (Å²) in [5, 5.41) is 0. The quantitative estimate of drug-likeness (QED) is 0.516. The molecule has 11 heavy (non-hydrogen) atoms. The summed E-state index contributed by atoms with van der Waals surface area (Å²) < 4.78 is 0. The van der Waals surface area contributed by atoms with Crippen molar-refractivity contribution in [3.05, 3.63) is 6.42 Å². The normalized spacial score (nSPS) is 10.9. The van der Waals surface area contributed by atoms with Gasteiger partial charge in [0.05, 0.1) is 0 Å². The van der Waals surface area contributed by atoms with Gasteiger partial charge >= 0.3 is 0 Å². The van der Waals surface area contributed by atoms with Crippen LogP contribution < -0.4 is 0 Å². The lowest BCUT2D eigenvalue weighted by atomic mass is 9.93. The molecule has 0 heteroatoms. The first-order chi connectivity index (χ1) is 5.35. The van der Waals surface area contributed by atoms with Crippen LogP contribution in [0.15, 0.2) is 0 Å². The van der Waals surface area contributed by atoms with E-state index in [0.717, 1.165) is 5.92 Å². The molecular weight excluding hydrogens is 132 g/mol. The van der Waals surface area contributed by atoms with E-state index >= 15 is 0 Å². The molecule has 0 spiro atoms. The van der Waals surface area contributed by atoms with Crippen LogP contribution in [0.25, 0.3) is 0 Å². The molecule has 0 amide bonds. The molecule has 0 aliphatic heterocycles. The smallest absolute Gasteiger partial charge is 0.0357 e. The highest BCUT2D eigenvalue weighted by Gasteiger charge is 2.04. The lowest BCUT2D eigenvalue weighted by Gasteiger charge is -2.13. The molecule has 0 saturated heterocycles. The molecule has 0 N–H and O–H groups in total.